The Labute approximate surface area is 189 Å². The third-order valence-corrected chi connectivity index (χ3v) is 7.09. The molecule has 2 aromatic heterocycles. The lowest BCUT2D eigenvalue weighted by molar-refractivity contribution is 0.460. The Kier molecular flexibility index (Phi) is 7.53. The fourth-order valence-corrected chi connectivity index (χ4v) is 5.44. The van der Waals surface area contributed by atoms with Crippen molar-refractivity contribution in [3.8, 4) is 0 Å². The molecule has 0 aromatic carbocycles. The number of hydrogen-bond acceptors (Lipinski definition) is 5. The molecule has 4 rings (SSSR count). The van der Waals surface area contributed by atoms with E-state index in [0.717, 1.165) is 62.4 Å². The van der Waals surface area contributed by atoms with E-state index in [0.29, 0.717) is 12.0 Å². The van der Waals surface area contributed by atoms with Crippen molar-refractivity contribution in [1.82, 2.24) is 34.8 Å². The highest BCUT2D eigenvalue weighted by atomic mass is 32.2. The summed E-state index contributed by atoms with van der Waals surface area (Å²) in [6.07, 6.45) is 14.5. The average molecular weight is 445 g/mol. The lowest BCUT2D eigenvalue weighted by Gasteiger charge is -2.21. The largest absolute Gasteiger partial charge is 0.357 e. The molecule has 1 N–H and O–H groups in total. The van der Waals surface area contributed by atoms with Crippen molar-refractivity contribution in [2.75, 3.05) is 32.4 Å². The van der Waals surface area contributed by atoms with E-state index in [9.17, 15) is 0 Å². The highest BCUT2D eigenvalue weighted by Gasteiger charge is 2.27. The number of aromatic nitrogens is 5. The summed E-state index contributed by atoms with van der Waals surface area (Å²) in [4.78, 5) is 7.34. The van der Waals surface area contributed by atoms with Gasteiger partial charge in [0.05, 0.1) is 6.20 Å². The molecule has 1 aliphatic heterocycles. The first-order valence-electron chi connectivity index (χ1n) is 11.7. The highest BCUT2D eigenvalue weighted by Crippen LogP contribution is 2.33. The van der Waals surface area contributed by atoms with Crippen LogP contribution in [0.1, 0.15) is 68.8 Å². The lowest BCUT2D eigenvalue weighted by Crippen LogP contribution is -2.40. The van der Waals surface area contributed by atoms with Crippen molar-refractivity contribution in [2.24, 2.45) is 12.0 Å². The zero-order valence-electron chi connectivity index (χ0n) is 19.1. The van der Waals surface area contributed by atoms with Crippen LogP contribution in [0.2, 0.25) is 0 Å². The third-order valence-electron chi connectivity index (χ3n) is 6.45. The second-order valence-electron chi connectivity index (χ2n) is 8.63. The minimum absolute atomic E-state index is 0.535. The fraction of sp³-hybridized carbons (Fsp3) is 0.727. The average Bonchev–Trinajstić information content (AvgIpc) is 3.56. The van der Waals surface area contributed by atoms with Crippen LogP contribution in [-0.2, 0) is 13.5 Å². The van der Waals surface area contributed by atoms with E-state index < -0.39 is 0 Å². The molecule has 1 saturated carbocycles. The molecule has 1 atom stereocenters. The molecule has 0 bridgehead atoms. The van der Waals surface area contributed by atoms with Crippen LogP contribution in [0.4, 0.5) is 0 Å². The van der Waals surface area contributed by atoms with Gasteiger partial charge in [-0.15, -0.1) is 10.2 Å². The Morgan fingerprint density at radius 3 is 2.81 bits per heavy atom. The van der Waals surface area contributed by atoms with E-state index in [1.165, 1.54) is 31.2 Å². The Morgan fingerprint density at radius 2 is 2.10 bits per heavy atom. The molecule has 31 heavy (non-hydrogen) atoms. The second kappa shape index (κ2) is 10.5. The summed E-state index contributed by atoms with van der Waals surface area (Å²) in [5.41, 5.74) is 1.33. The van der Waals surface area contributed by atoms with Gasteiger partial charge in [-0.1, -0.05) is 24.6 Å². The molecular weight excluding hydrogens is 408 g/mol. The van der Waals surface area contributed by atoms with Crippen molar-refractivity contribution in [3.05, 3.63) is 23.8 Å². The summed E-state index contributed by atoms with van der Waals surface area (Å²) in [5.74, 6) is 2.71. The van der Waals surface area contributed by atoms with E-state index in [-0.39, 0.29) is 0 Å². The van der Waals surface area contributed by atoms with Crippen LogP contribution >= 0.6 is 11.8 Å². The number of nitrogens with zero attached hydrogens (tertiary/aromatic N) is 7. The van der Waals surface area contributed by atoms with Crippen LogP contribution in [0.25, 0.3) is 0 Å². The number of guanidine groups is 1. The van der Waals surface area contributed by atoms with Gasteiger partial charge in [-0.25, -0.2) is 0 Å². The minimum Gasteiger partial charge on any atom is -0.357 e. The molecule has 2 aliphatic rings. The van der Waals surface area contributed by atoms with Crippen molar-refractivity contribution in [1.29, 1.82) is 0 Å². The Hall–Kier alpha value is -2.03. The molecule has 0 spiro atoms. The van der Waals surface area contributed by atoms with Gasteiger partial charge >= 0.3 is 0 Å². The summed E-state index contributed by atoms with van der Waals surface area (Å²) in [5, 5.41) is 17.8. The van der Waals surface area contributed by atoms with Crippen LogP contribution in [-0.4, -0.2) is 67.8 Å². The maximum absolute atomic E-state index is 4.95. The zero-order valence-corrected chi connectivity index (χ0v) is 19.9. The van der Waals surface area contributed by atoms with Gasteiger partial charge in [-0.05, 0) is 44.4 Å². The summed E-state index contributed by atoms with van der Waals surface area (Å²) >= 11 is 1.71. The van der Waals surface area contributed by atoms with Crippen LogP contribution in [0, 0.1) is 0 Å². The standard InChI is InChI=1S/C22H36N8S/c1-4-23-21(29-13-11-17(16-29)18-14-25-28(2)15-18)24-12-7-10-20-26-27-22(31-3)30(20)19-8-5-6-9-19/h14-15,17,19H,4-13,16H2,1-3H3,(H,23,24). The molecule has 2 aromatic rings. The van der Waals surface area contributed by atoms with Crippen LogP contribution in [0.5, 0.6) is 0 Å². The summed E-state index contributed by atoms with van der Waals surface area (Å²) in [6, 6.07) is 0.585. The van der Waals surface area contributed by atoms with Crippen molar-refractivity contribution >= 4 is 17.7 Å². The molecule has 1 saturated heterocycles. The Bertz CT molecular complexity index is 867. The first-order valence-corrected chi connectivity index (χ1v) is 12.9. The molecular formula is C22H36N8S. The van der Waals surface area contributed by atoms with Crippen molar-refractivity contribution < 1.29 is 0 Å². The van der Waals surface area contributed by atoms with Gasteiger partial charge in [-0.3, -0.25) is 9.67 Å². The van der Waals surface area contributed by atoms with E-state index >= 15 is 0 Å². The molecule has 0 amide bonds. The SMILES string of the molecule is CCNC(=NCCCc1nnc(SC)n1C1CCCC1)N1CCC(c2cnn(C)c2)C1. The maximum atomic E-state index is 4.95. The summed E-state index contributed by atoms with van der Waals surface area (Å²) in [7, 11) is 1.98. The van der Waals surface area contributed by atoms with Crippen molar-refractivity contribution in [3.63, 3.8) is 0 Å². The fourth-order valence-electron chi connectivity index (χ4n) is 4.87. The van der Waals surface area contributed by atoms with E-state index in [2.05, 4.69) is 49.5 Å². The normalized spacial score (nSPS) is 20.2. The zero-order chi connectivity index (χ0) is 21.6. The Morgan fingerprint density at radius 1 is 1.26 bits per heavy atom. The monoisotopic (exact) mass is 444 g/mol. The van der Waals surface area contributed by atoms with Gasteiger partial charge in [0.25, 0.3) is 0 Å². The molecule has 9 heteroatoms. The number of thioether (sulfide) groups is 1. The summed E-state index contributed by atoms with van der Waals surface area (Å²) < 4.78 is 4.30. The second-order valence-corrected chi connectivity index (χ2v) is 9.40. The number of aliphatic imine (C=N–C) groups is 1. The van der Waals surface area contributed by atoms with Gasteiger partial charge in [-0.2, -0.15) is 5.10 Å². The van der Waals surface area contributed by atoms with Gasteiger partial charge < -0.3 is 14.8 Å². The predicted molar refractivity (Wildman–Crippen MR) is 126 cm³/mol. The molecule has 0 radical (unpaired) electrons. The highest BCUT2D eigenvalue weighted by molar-refractivity contribution is 7.98. The topological polar surface area (TPSA) is 76.2 Å². The quantitative estimate of drug-likeness (QED) is 0.292. The van der Waals surface area contributed by atoms with Gasteiger partial charge in [0.1, 0.15) is 5.82 Å². The van der Waals surface area contributed by atoms with Gasteiger partial charge in [0.15, 0.2) is 11.1 Å². The Balaban J connectivity index is 1.34. The van der Waals surface area contributed by atoms with E-state index in [1.54, 1.807) is 11.8 Å². The maximum Gasteiger partial charge on any atom is 0.193 e. The number of aryl methyl sites for hydroxylation is 2. The van der Waals surface area contributed by atoms with E-state index in [4.69, 9.17) is 4.99 Å². The number of likely N-dealkylation sites (tertiary alicyclic amines) is 1. The first kappa shape index (κ1) is 22.2. The van der Waals surface area contributed by atoms with E-state index in [1.807, 2.05) is 17.9 Å². The first-order chi connectivity index (χ1) is 15.2. The van der Waals surface area contributed by atoms with Crippen LogP contribution in [0.15, 0.2) is 22.5 Å². The molecule has 3 heterocycles. The van der Waals surface area contributed by atoms with Crippen LogP contribution in [0.3, 0.4) is 0 Å². The molecule has 2 fully saturated rings. The lowest BCUT2D eigenvalue weighted by atomic mass is 10.0. The number of rotatable bonds is 8. The van der Waals surface area contributed by atoms with Gasteiger partial charge in [0.2, 0.25) is 0 Å². The molecule has 8 nitrogen and oxygen atoms in total. The third kappa shape index (κ3) is 5.25. The molecule has 1 aliphatic carbocycles. The van der Waals surface area contributed by atoms with Gasteiger partial charge in [0, 0.05) is 57.8 Å². The smallest absolute Gasteiger partial charge is 0.193 e. The minimum atomic E-state index is 0.535. The number of hydrogen-bond donors (Lipinski definition) is 1. The molecule has 170 valence electrons. The van der Waals surface area contributed by atoms with Crippen molar-refractivity contribution in [2.45, 2.75) is 69.0 Å². The number of nitrogens with one attached hydrogen (secondary N) is 1. The summed E-state index contributed by atoms with van der Waals surface area (Å²) in [6.45, 7) is 5.88. The molecule has 1 unspecified atom stereocenters. The predicted octanol–water partition coefficient (Wildman–Crippen LogP) is 3.24. The van der Waals surface area contributed by atoms with Crippen LogP contribution < -0.4 is 5.32 Å².